The summed E-state index contributed by atoms with van der Waals surface area (Å²) in [7, 11) is 0. The van der Waals surface area contributed by atoms with Gasteiger partial charge in [0.25, 0.3) is 5.69 Å². The third kappa shape index (κ3) is 3.04. The van der Waals surface area contributed by atoms with Gasteiger partial charge in [-0.1, -0.05) is 6.42 Å². The van der Waals surface area contributed by atoms with Crippen LogP contribution in [0.2, 0.25) is 0 Å². The Morgan fingerprint density at radius 3 is 2.89 bits per heavy atom. The molecule has 1 fully saturated rings. The predicted octanol–water partition coefficient (Wildman–Crippen LogP) is 2.83. The van der Waals surface area contributed by atoms with Crippen molar-refractivity contribution >= 4 is 5.69 Å². The average molecular weight is 253 g/mol. The normalized spacial score (nSPS) is 23.9. The van der Waals surface area contributed by atoms with Crippen molar-refractivity contribution in [3.63, 3.8) is 0 Å². The molecule has 2 atom stereocenters. The molecule has 5 heteroatoms. The summed E-state index contributed by atoms with van der Waals surface area (Å²) in [4.78, 5) is 10.4. The van der Waals surface area contributed by atoms with Gasteiger partial charge in [-0.05, 0) is 43.7 Å². The van der Waals surface area contributed by atoms with Crippen LogP contribution in [0.15, 0.2) is 18.2 Å². The minimum atomic E-state index is -0.478. The van der Waals surface area contributed by atoms with Gasteiger partial charge in [0.1, 0.15) is 5.82 Å². The standard InChI is InChI=1S/C13H16FNO3/c14-11-4-5-13(15(17)18)10(8-11)6-9-2-1-3-12(16)7-9/h4-5,8-9,12,16H,1-3,6-7H2. The first-order valence-electron chi connectivity index (χ1n) is 6.17. The van der Waals surface area contributed by atoms with Crippen LogP contribution in [0.25, 0.3) is 0 Å². The van der Waals surface area contributed by atoms with E-state index in [2.05, 4.69) is 0 Å². The lowest BCUT2D eigenvalue weighted by atomic mass is 9.83. The molecule has 1 saturated carbocycles. The molecule has 1 N–H and O–H groups in total. The van der Waals surface area contributed by atoms with Gasteiger partial charge < -0.3 is 5.11 Å². The Hall–Kier alpha value is -1.49. The van der Waals surface area contributed by atoms with Crippen LogP contribution in [0, 0.1) is 21.8 Å². The zero-order valence-corrected chi connectivity index (χ0v) is 10.0. The van der Waals surface area contributed by atoms with Crippen LogP contribution >= 0.6 is 0 Å². The van der Waals surface area contributed by atoms with E-state index in [4.69, 9.17) is 0 Å². The van der Waals surface area contributed by atoms with E-state index in [-0.39, 0.29) is 17.7 Å². The summed E-state index contributed by atoms with van der Waals surface area (Å²) in [5, 5.41) is 20.5. The topological polar surface area (TPSA) is 63.4 Å². The first-order chi connectivity index (χ1) is 8.56. The number of aliphatic hydroxyl groups is 1. The molecule has 18 heavy (non-hydrogen) atoms. The number of nitro benzene ring substituents is 1. The summed E-state index contributed by atoms with van der Waals surface area (Å²) in [5.74, 6) is -0.249. The van der Waals surface area contributed by atoms with Gasteiger partial charge in [0.15, 0.2) is 0 Å². The Morgan fingerprint density at radius 1 is 1.44 bits per heavy atom. The lowest BCUT2D eigenvalue weighted by Crippen LogP contribution is -2.21. The quantitative estimate of drug-likeness (QED) is 0.665. The van der Waals surface area contributed by atoms with Crippen molar-refractivity contribution in [3.05, 3.63) is 39.7 Å². The smallest absolute Gasteiger partial charge is 0.272 e. The van der Waals surface area contributed by atoms with Gasteiger partial charge in [-0.3, -0.25) is 10.1 Å². The molecule has 0 aliphatic heterocycles. The Bertz CT molecular complexity index is 450. The molecule has 2 rings (SSSR count). The number of benzene rings is 1. The minimum Gasteiger partial charge on any atom is -0.393 e. The first kappa shape index (κ1) is 13.0. The predicted molar refractivity (Wildman–Crippen MR) is 64.7 cm³/mol. The molecule has 1 aromatic carbocycles. The van der Waals surface area contributed by atoms with E-state index in [9.17, 15) is 19.6 Å². The fraction of sp³-hybridized carbons (Fsp3) is 0.538. The first-order valence-corrected chi connectivity index (χ1v) is 6.17. The summed E-state index contributed by atoms with van der Waals surface area (Å²) in [6.45, 7) is 0. The number of aliphatic hydroxyl groups excluding tert-OH is 1. The number of nitro groups is 1. The molecular weight excluding hydrogens is 237 g/mol. The lowest BCUT2D eigenvalue weighted by Gasteiger charge is -2.25. The molecule has 0 bridgehead atoms. The molecule has 0 aromatic heterocycles. The second kappa shape index (κ2) is 5.44. The highest BCUT2D eigenvalue weighted by molar-refractivity contribution is 5.40. The molecule has 0 amide bonds. The number of hydrogen-bond donors (Lipinski definition) is 1. The molecule has 98 valence electrons. The van der Waals surface area contributed by atoms with Crippen LogP contribution in [-0.2, 0) is 6.42 Å². The Morgan fingerprint density at radius 2 is 2.22 bits per heavy atom. The van der Waals surface area contributed by atoms with Crippen LogP contribution in [0.1, 0.15) is 31.2 Å². The van der Waals surface area contributed by atoms with Crippen molar-refractivity contribution in [2.45, 2.75) is 38.2 Å². The third-order valence-corrected chi connectivity index (χ3v) is 3.50. The second-order valence-corrected chi connectivity index (χ2v) is 4.92. The highest BCUT2D eigenvalue weighted by Crippen LogP contribution is 2.30. The van der Waals surface area contributed by atoms with Gasteiger partial charge in [0.2, 0.25) is 0 Å². The number of hydrogen-bond acceptors (Lipinski definition) is 3. The highest BCUT2D eigenvalue weighted by Gasteiger charge is 2.23. The largest absolute Gasteiger partial charge is 0.393 e. The zero-order valence-electron chi connectivity index (χ0n) is 10.0. The van der Waals surface area contributed by atoms with Gasteiger partial charge in [0, 0.05) is 11.6 Å². The van der Waals surface area contributed by atoms with E-state index in [1.54, 1.807) is 0 Å². The molecule has 0 spiro atoms. The molecule has 0 radical (unpaired) electrons. The molecule has 1 aliphatic rings. The van der Waals surface area contributed by atoms with Crippen molar-refractivity contribution < 1.29 is 14.4 Å². The molecule has 1 aromatic rings. The Balaban J connectivity index is 2.16. The van der Waals surface area contributed by atoms with E-state index in [0.29, 0.717) is 18.4 Å². The third-order valence-electron chi connectivity index (χ3n) is 3.50. The maximum absolute atomic E-state index is 13.2. The molecule has 1 aliphatic carbocycles. The number of nitrogens with zero attached hydrogens (tertiary/aromatic N) is 1. The zero-order chi connectivity index (χ0) is 13.1. The summed E-state index contributed by atoms with van der Waals surface area (Å²) >= 11 is 0. The van der Waals surface area contributed by atoms with Crippen molar-refractivity contribution in [2.75, 3.05) is 0 Å². The second-order valence-electron chi connectivity index (χ2n) is 4.92. The molecule has 0 saturated heterocycles. The van der Waals surface area contributed by atoms with Crippen molar-refractivity contribution in [3.8, 4) is 0 Å². The average Bonchev–Trinajstić information content (AvgIpc) is 2.28. The van der Waals surface area contributed by atoms with Crippen molar-refractivity contribution in [2.24, 2.45) is 5.92 Å². The van der Waals surface area contributed by atoms with Gasteiger partial charge in [-0.25, -0.2) is 4.39 Å². The van der Waals surface area contributed by atoms with E-state index in [1.807, 2.05) is 0 Å². The molecular formula is C13H16FNO3. The Kier molecular flexibility index (Phi) is 3.91. The van der Waals surface area contributed by atoms with Crippen LogP contribution in [0.4, 0.5) is 10.1 Å². The van der Waals surface area contributed by atoms with Gasteiger partial charge >= 0.3 is 0 Å². The molecule has 4 nitrogen and oxygen atoms in total. The van der Waals surface area contributed by atoms with Crippen molar-refractivity contribution in [1.29, 1.82) is 0 Å². The van der Waals surface area contributed by atoms with Gasteiger partial charge in [-0.15, -0.1) is 0 Å². The number of rotatable bonds is 3. The van der Waals surface area contributed by atoms with Crippen LogP contribution < -0.4 is 0 Å². The van der Waals surface area contributed by atoms with E-state index >= 15 is 0 Å². The van der Waals surface area contributed by atoms with Crippen LogP contribution in [0.5, 0.6) is 0 Å². The summed E-state index contributed by atoms with van der Waals surface area (Å²) in [5.41, 5.74) is 0.399. The van der Waals surface area contributed by atoms with Gasteiger partial charge in [0.05, 0.1) is 11.0 Å². The van der Waals surface area contributed by atoms with Crippen LogP contribution in [-0.4, -0.2) is 16.1 Å². The fourth-order valence-electron chi connectivity index (χ4n) is 2.65. The monoisotopic (exact) mass is 253 g/mol. The maximum atomic E-state index is 13.2. The van der Waals surface area contributed by atoms with Crippen molar-refractivity contribution in [1.82, 2.24) is 0 Å². The molecule has 2 unspecified atom stereocenters. The lowest BCUT2D eigenvalue weighted by molar-refractivity contribution is -0.385. The SMILES string of the molecule is O=[N+]([O-])c1ccc(F)cc1CC1CCCC(O)C1. The van der Waals surface area contributed by atoms with Gasteiger partial charge in [-0.2, -0.15) is 0 Å². The summed E-state index contributed by atoms with van der Waals surface area (Å²) in [6, 6.07) is 3.56. The van der Waals surface area contributed by atoms with Crippen LogP contribution in [0.3, 0.4) is 0 Å². The van der Waals surface area contributed by atoms with E-state index in [1.165, 1.54) is 12.1 Å². The van der Waals surface area contributed by atoms with E-state index < -0.39 is 10.7 Å². The minimum absolute atomic E-state index is 0.0311. The Labute approximate surface area is 105 Å². The summed E-state index contributed by atoms with van der Waals surface area (Å²) < 4.78 is 13.2. The summed E-state index contributed by atoms with van der Waals surface area (Å²) in [6.07, 6.45) is 3.44. The molecule has 0 heterocycles. The fourth-order valence-corrected chi connectivity index (χ4v) is 2.65. The number of halogens is 1. The van der Waals surface area contributed by atoms with E-state index in [0.717, 1.165) is 25.3 Å². The highest BCUT2D eigenvalue weighted by atomic mass is 19.1. The maximum Gasteiger partial charge on any atom is 0.272 e.